The van der Waals surface area contributed by atoms with Crippen molar-refractivity contribution >= 4 is 56.6 Å². The highest BCUT2D eigenvalue weighted by Crippen LogP contribution is 2.35. The van der Waals surface area contributed by atoms with Crippen molar-refractivity contribution in [2.24, 2.45) is 0 Å². The SMILES string of the molecule is Cc1c(I)sc2c(S)cccc12. The first-order valence-corrected chi connectivity index (χ1v) is 5.91. The van der Waals surface area contributed by atoms with E-state index in [1.54, 1.807) is 0 Å². The van der Waals surface area contributed by atoms with Crippen LogP contribution in [0.25, 0.3) is 10.1 Å². The van der Waals surface area contributed by atoms with Crippen molar-refractivity contribution in [1.29, 1.82) is 0 Å². The van der Waals surface area contributed by atoms with Crippen molar-refractivity contribution < 1.29 is 0 Å². The number of thiophene rings is 1. The Morgan fingerprint density at radius 3 is 2.83 bits per heavy atom. The molecule has 0 saturated carbocycles. The number of aryl methyl sites for hydroxylation is 1. The fourth-order valence-corrected chi connectivity index (χ4v) is 3.44. The summed E-state index contributed by atoms with van der Waals surface area (Å²) in [6, 6.07) is 6.25. The molecule has 1 aromatic carbocycles. The Morgan fingerprint density at radius 1 is 1.42 bits per heavy atom. The molecule has 0 aliphatic rings. The number of hydrogen-bond donors (Lipinski definition) is 1. The van der Waals surface area contributed by atoms with Gasteiger partial charge in [0, 0.05) is 9.60 Å². The van der Waals surface area contributed by atoms with Crippen LogP contribution in [0.5, 0.6) is 0 Å². The van der Waals surface area contributed by atoms with Crippen molar-refractivity contribution in [2.75, 3.05) is 0 Å². The largest absolute Gasteiger partial charge is 0.142 e. The standard InChI is InChI=1S/C9H7IS2/c1-5-6-3-2-4-7(11)8(6)12-9(5)10/h2-4,11H,1H3. The highest BCUT2D eigenvalue weighted by molar-refractivity contribution is 14.1. The molecule has 0 aliphatic heterocycles. The maximum atomic E-state index is 4.42. The fraction of sp³-hybridized carbons (Fsp3) is 0.111. The van der Waals surface area contributed by atoms with Gasteiger partial charge in [-0.2, -0.15) is 0 Å². The van der Waals surface area contributed by atoms with Gasteiger partial charge in [0.1, 0.15) is 0 Å². The van der Waals surface area contributed by atoms with Gasteiger partial charge in [-0.05, 0) is 46.5 Å². The first kappa shape index (κ1) is 8.84. The van der Waals surface area contributed by atoms with E-state index in [0.29, 0.717) is 0 Å². The Kier molecular flexibility index (Phi) is 2.35. The van der Waals surface area contributed by atoms with Crippen molar-refractivity contribution in [3.63, 3.8) is 0 Å². The lowest BCUT2D eigenvalue weighted by molar-refractivity contribution is 1.54. The predicted octanol–water partition coefficient (Wildman–Crippen LogP) is 4.10. The third-order valence-electron chi connectivity index (χ3n) is 1.88. The second-order valence-corrected chi connectivity index (χ2v) is 5.97. The Labute approximate surface area is 94.5 Å². The zero-order valence-electron chi connectivity index (χ0n) is 6.47. The molecule has 62 valence electrons. The minimum absolute atomic E-state index is 1.09. The van der Waals surface area contributed by atoms with Crippen LogP contribution in [0.4, 0.5) is 0 Å². The van der Waals surface area contributed by atoms with Gasteiger partial charge >= 0.3 is 0 Å². The molecule has 0 N–H and O–H groups in total. The minimum atomic E-state index is 1.09. The molecule has 1 aromatic heterocycles. The van der Waals surface area contributed by atoms with Crippen molar-refractivity contribution in [2.45, 2.75) is 11.8 Å². The van der Waals surface area contributed by atoms with E-state index in [4.69, 9.17) is 0 Å². The van der Waals surface area contributed by atoms with Gasteiger partial charge in [-0.25, -0.2) is 0 Å². The maximum absolute atomic E-state index is 4.42. The minimum Gasteiger partial charge on any atom is -0.142 e. The van der Waals surface area contributed by atoms with Crippen LogP contribution >= 0.6 is 46.6 Å². The van der Waals surface area contributed by atoms with Crippen LogP contribution < -0.4 is 0 Å². The first-order valence-electron chi connectivity index (χ1n) is 3.56. The molecule has 1 heterocycles. The normalized spacial score (nSPS) is 10.9. The zero-order valence-corrected chi connectivity index (χ0v) is 10.3. The van der Waals surface area contributed by atoms with Gasteiger partial charge in [0.05, 0.1) is 2.88 Å². The molecule has 0 radical (unpaired) electrons. The molecule has 0 atom stereocenters. The highest BCUT2D eigenvalue weighted by Gasteiger charge is 2.06. The van der Waals surface area contributed by atoms with E-state index in [1.807, 2.05) is 17.4 Å². The van der Waals surface area contributed by atoms with Crippen molar-refractivity contribution in [1.82, 2.24) is 0 Å². The van der Waals surface area contributed by atoms with Crippen LogP contribution in [0.2, 0.25) is 0 Å². The molecule has 0 amide bonds. The smallest absolute Gasteiger partial charge is 0.0695 e. The van der Waals surface area contributed by atoms with E-state index in [1.165, 1.54) is 18.5 Å². The summed E-state index contributed by atoms with van der Waals surface area (Å²) in [5, 5.41) is 1.34. The number of halogens is 1. The van der Waals surface area contributed by atoms with E-state index < -0.39 is 0 Å². The zero-order chi connectivity index (χ0) is 8.72. The maximum Gasteiger partial charge on any atom is 0.0695 e. The summed E-state index contributed by atoms with van der Waals surface area (Å²) in [6.07, 6.45) is 0. The lowest BCUT2D eigenvalue weighted by Gasteiger charge is -1.93. The van der Waals surface area contributed by atoms with Gasteiger partial charge in [0.2, 0.25) is 0 Å². The van der Waals surface area contributed by atoms with Crippen molar-refractivity contribution in [3.05, 3.63) is 26.6 Å². The van der Waals surface area contributed by atoms with Gasteiger partial charge in [0.15, 0.2) is 0 Å². The third kappa shape index (κ3) is 1.28. The number of fused-ring (bicyclic) bond motifs is 1. The molecule has 0 spiro atoms. The number of hydrogen-bond acceptors (Lipinski definition) is 2. The molecule has 3 heteroatoms. The van der Waals surface area contributed by atoms with Gasteiger partial charge in [-0.15, -0.1) is 24.0 Å². The molecule has 2 rings (SSSR count). The van der Waals surface area contributed by atoms with Crippen LogP contribution in [0, 0.1) is 9.81 Å². The fourth-order valence-electron chi connectivity index (χ4n) is 1.20. The molecule has 0 bridgehead atoms. The topological polar surface area (TPSA) is 0 Å². The van der Waals surface area contributed by atoms with Crippen molar-refractivity contribution in [3.8, 4) is 0 Å². The summed E-state index contributed by atoms with van der Waals surface area (Å²) in [5.74, 6) is 0. The summed E-state index contributed by atoms with van der Waals surface area (Å²) in [5.41, 5.74) is 1.38. The van der Waals surface area contributed by atoms with E-state index in [-0.39, 0.29) is 0 Å². The lowest BCUT2D eigenvalue weighted by Crippen LogP contribution is -1.70. The quantitative estimate of drug-likeness (QED) is 0.550. The molecule has 0 aliphatic carbocycles. The van der Waals surface area contributed by atoms with Crippen LogP contribution in [-0.2, 0) is 0 Å². The highest BCUT2D eigenvalue weighted by atomic mass is 127. The average molecular weight is 306 g/mol. The Morgan fingerprint density at radius 2 is 2.17 bits per heavy atom. The van der Waals surface area contributed by atoms with Gasteiger partial charge in [0.25, 0.3) is 0 Å². The van der Waals surface area contributed by atoms with E-state index in [9.17, 15) is 0 Å². The summed E-state index contributed by atoms with van der Waals surface area (Å²) in [7, 11) is 0. The molecule has 2 aromatic rings. The molecular weight excluding hydrogens is 299 g/mol. The summed E-state index contributed by atoms with van der Waals surface area (Å²) in [6.45, 7) is 2.16. The summed E-state index contributed by atoms with van der Waals surface area (Å²) >= 11 is 8.61. The predicted molar refractivity (Wildman–Crippen MR) is 66.5 cm³/mol. The first-order chi connectivity index (χ1) is 5.70. The molecule has 0 nitrogen and oxygen atoms in total. The number of thiol groups is 1. The van der Waals surface area contributed by atoms with E-state index >= 15 is 0 Å². The Balaban J connectivity index is 2.95. The van der Waals surface area contributed by atoms with Crippen LogP contribution in [0.15, 0.2) is 23.1 Å². The second kappa shape index (κ2) is 3.20. The van der Waals surface area contributed by atoms with Crippen LogP contribution in [0.1, 0.15) is 5.56 Å². The number of benzene rings is 1. The van der Waals surface area contributed by atoms with Gasteiger partial charge in [-0.1, -0.05) is 12.1 Å². The van der Waals surface area contributed by atoms with Gasteiger partial charge < -0.3 is 0 Å². The lowest BCUT2D eigenvalue weighted by atomic mass is 10.2. The molecular formula is C9H7IS2. The third-order valence-corrected chi connectivity index (χ3v) is 5.01. The van der Waals surface area contributed by atoms with E-state index in [2.05, 4.69) is 54.3 Å². The summed E-state index contributed by atoms with van der Waals surface area (Å²) in [4.78, 5) is 1.09. The molecule has 0 unspecified atom stereocenters. The second-order valence-electron chi connectivity index (χ2n) is 2.65. The van der Waals surface area contributed by atoms with Gasteiger partial charge in [-0.3, -0.25) is 0 Å². The van der Waals surface area contributed by atoms with E-state index in [0.717, 1.165) is 4.90 Å². The molecule has 0 fully saturated rings. The number of rotatable bonds is 0. The molecule has 0 saturated heterocycles. The van der Waals surface area contributed by atoms with Crippen LogP contribution in [0.3, 0.4) is 0 Å². The average Bonchev–Trinajstić information content (AvgIpc) is 2.32. The molecule has 12 heavy (non-hydrogen) atoms. The Hall–Kier alpha value is 0.260. The Bertz CT molecular complexity index is 431. The monoisotopic (exact) mass is 306 g/mol. The summed E-state index contributed by atoms with van der Waals surface area (Å²) < 4.78 is 2.67. The van der Waals surface area contributed by atoms with Crippen LogP contribution in [-0.4, -0.2) is 0 Å².